The van der Waals surface area contributed by atoms with E-state index in [1.165, 1.54) is 24.3 Å². The maximum absolute atomic E-state index is 12.5. The van der Waals surface area contributed by atoms with Crippen LogP contribution >= 0.6 is 0 Å². The van der Waals surface area contributed by atoms with Crippen molar-refractivity contribution in [1.82, 2.24) is 4.90 Å². The molecule has 4 rings (SSSR count). The van der Waals surface area contributed by atoms with E-state index >= 15 is 0 Å². The Morgan fingerprint density at radius 3 is 2.33 bits per heavy atom. The third kappa shape index (κ3) is 3.73. The molecule has 2 aromatic carbocycles. The van der Waals surface area contributed by atoms with Gasteiger partial charge in [0.15, 0.2) is 0 Å². The van der Waals surface area contributed by atoms with Crippen LogP contribution in [0.15, 0.2) is 54.6 Å². The highest BCUT2D eigenvalue weighted by molar-refractivity contribution is 5.68. The van der Waals surface area contributed by atoms with Crippen LogP contribution in [0.4, 0.5) is 13.2 Å². The van der Waals surface area contributed by atoms with Crippen LogP contribution in [0.2, 0.25) is 0 Å². The number of ether oxygens (including phenoxy) is 2. The molecule has 7 heteroatoms. The highest BCUT2D eigenvalue weighted by Crippen LogP contribution is 2.50. The Hall–Kier alpha value is -2.35. The maximum Gasteiger partial charge on any atom is 0.573 e. The van der Waals surface area contributed by atoms with Gasteiger partial charge >= 0.3 is 6.36 Å². The fourth-order valence-electron chi connectivity index (χ4n) is 4.67. The van der Waals surface area contributed by atoms with Gasteiger partial charge in [0, 0.05) is 18.5 Å². The number of halogens is 3. The predicted molar refractivity (Wildman–Crippen MR) is 107 cm³/mol. The summed E-state index contributed by atoms with van der Waals surface area (Å²) in [6.07, 6.45) is -2.74. The van der Waals surface area contributed by atoms with E-state index in [9.17, 15) is 18.3 Å². The van der Waals surface area contributed by atoms with E-state index < -0.39 is 17.4 Å². The molecule has 2 aliphatic heterocycles. The predicted octanol–water partition coefficient (Wildman–Crippen LogP) is 4.19. The molecule has 2 aliphatic rings. The Morgan fingerprint density at radius 1 is 1.07 bits per heavy atom. The Kier molecular flexibility index (Phi) is 5.16. The van der Waals surface area contributed by atoms with Gasteiger partial charge < -0.3 is 19.5 Å². The Balaban J connectivity index is 1.76. The van der Waals surface area contributed by atoms with Crippen LogP contribution in [-0.2, 0) is 10.3 Å². The summed E-state index contributed by atoms with van der Waals surface area (Å²) in [5.41, 5.74) is 1.37. The second-order valence-electron chi connectivity index (χ2n) is 8.34. The van der Waals surface area contributed by atoms with E-state index in [0.717, 1.165) is 11.1 Å². The summed E-state index contributed by atoms with van der Waals surface area (Å²) in [5, 5.41) is 12.1. The van der Waals surface area contributed by atoms with E-state index in [0.29, 0.717) is 37.4 Å². The number of hydrogen-bond acceptors (Lipinski definition) is 4. The van der Waals surface area contributed by atoms with Gasteiger partial charge in [0.05, 0.1) is 13.2 Å². The zero-order valence-electron chi connectivity index (χ0n) is 16.9. The average Bonchev–Trinajstić information content (AvgIpc) is 3.20. The van der Waals surface area contributed by atoms with Crippen molar-refractivity contribution in [2.24, 2.45) is 5.41 Å². The van der Waals surface area contributed by atoms with Crippen LogP contribution in [-0.4, -0.2) is 49.7 Å². The van der Waals surface area contributed by atoms with Crippen molar-refractivity contribution in [2.75, 3.05) is 33.4 Å². The zero-order valence-corrected chi connectivity index (χ0v) is 16.9. The highest BCUT2D eigenvalue weighted by atomic mass is 19.4. The van der Waals surface area contributed by atoms with E-state index in [1.807, 2.05) is 44.3 Å². The van der Waals surface area contributed by atoms with Gasteiger partial charge in [-0.3, -0.25) is 0 Å². The molecule has 0 aromatic heterocycles. The lowest BCUT2D eigenvalue weighted by Gasteiger charge is -2.56. The van der Waals surface area contributed by atoms with Crippen molar-refractivity contribution in [1.29, 1.82) is 0 Å². The molecule has 4 nitrogen and oxygen atoms in total. The summed E-state index contributed by atoms with van der Waals surface area (Å²) in [4.78, 5) is 2.10. The molecule has 2 heterocycles. The van der Waals surface area contributed by atoms with Crippen molar-refractivity contribution in [3.05, 3.63) is 71.3 Å². The fourth-order valence-corrected chi connectivity index (χ4v) is 4.67. The highest BCUT2D eigenvalue weighted by Gasteiger charge is 2.55. The summed E-state index contributed by atoms with van der Waals surface area (Å²) in [5.74, 6) is -0.313. The first-order valence-electron chi connectivity index (χ1n) is 9.76. The van der Waals surface area contributed by atoms with Crippen LogP contribution < -0.4 is 4.74 Å². The maximum atomic E-state index is 12.5. The van der Waals surface area contributed by atoms with Crippen LogP contribution in [0.3, 0.4) is 0 Å². The van der Waals surface area contributed by atoms with Crippen LogP contribution in [0.1, 0.15) is 23.6 Å². The van der Waals surface area contributed by atoms with Crippen molar-refractivity contribution < 1.29 is 27.8 Å². The average molecular weight is 419 g/mol. The van der Waals surface area contributed by atoms with Gasteiger partial charge in [-0.05, 0) is 47.5 Å². The lowest BCUT2D eigenvalue weighted by Crippen LogP contribution is -2.63. The van der Waals surface area contributed by atoms with Gasteiger partial charge in [-0.1, -0.05) is 43.3 Å². The summed E-state index contributed by atoms with van der Waals surface area (Å²) in [6.45, 7) is 4.39. The standard InChI is InChI=1S/C23H24F3NO3/c1-21(14-27(2)15-21)22(28,18-6-8-20(9-7-18)30-23(24,25)26)19-5-3-4-16(12-19)17-10-11-29-13-17/h3-10,12,28H,11,13-15H2,1-2H3/t22-/m0/s1. The number of alkyl halides is 3. The van der Waals surface area contributed by atoms with Crippen molar-refractivity contribution in [2.45, 2.75) is 18.9 Å². The van der Waals surface area contributed by atoms with Crippen molar-refractivity contribution in [3.63, 3.8) is 0 Å². The molecule has 1 saturated heterocycles. The minimum absolute atomic E-state index is 0.313. The summed E-state index contributed by atoms with van der Waals surface area (Å²) in [7, 11) is 1.97. The first-order valence-corrected chi connectivity index (χ1v) is 9.76. The Morgan fingerprint density at radius 2 is 1.77 bits per heavy atom. The van der Waals surface area contributed by atoms with Gasteiger partial charge in [0.25, 0.3) is 0 Å². The first-order chi connectivity index (χ1) is 14.1. The molecule has 30 heavy (non-hydrogen) atoms. The molecule has 0 spiro atoms. The molecule has 160 valence electrons. The molecular weight excluding hydrogens is 395 g/mol. The number of rotatable bonds is 5. The smallest absolute Gasteiger partial charge is 0.406 e. The van der Waals surface area contributed by atoms with Crippen LogP contribution in [0.25, 0.3) is 5.57 Å². The third-order valence-electron chi connectivity index (χ3n) is 5.97. The number of aliphatic hydroxyl groups is 1. The summed E-state index contributed by atoms with van der Waals surface area (Å²) < 4.78 is 47.0. The molecule has 0 radical (unpaired) electrons. The number of nitrogens with zero attached hydrogens (tertiary/aromatic N) is 1. The van der Waals surface area contributed by atoms with Gasteiger partial charge in [-0.2, -0.15) is 0 Å². The molecule has 1 N–H and O–H groups in total. The lowest BCUT2D eigenvalue weighted by atomic mass is 9.62. The molecule has 2 aromatic rings. The topological polar surface area (TPSA) is 41.9 Å². The molecule has 0 saturated carbocycles. The molecule has 0 aliphatic carbocycles. The van der Waals surface area contributed by atoms with E-state index in [2.05, 4.69) is 9.64 Å². The molecule has 0 amide bonds. The number of benzene rings is 2. The van der Waals surface area contributed by atoms with Crippen LogP contribution in [0, 0.1) is 5.41 Å². The van der Waals surface area contributed by atoms with Gasteiger partial charge in [-0.15, -0.1) is 13.2 Å². The Bertz CT molecular complexity index is 949. The number of hydrogen-bond donors (Lipinski definition) is 1. The van der Waals surface area contributed by atoms with E-state index in [-0.39, 0.29) is 5.75 Å². The van der Waals surface area contributed by atoms with Crippen molar-refractivity contribution in [3.8, 4) is 5.75 Å². The third-order valence-corrected chi connectivity index (χ3v) is 5.97. The fraction of sp³-hybridized carbons (Fsp3) is 0.391. The monoisotopic (exact) mass is 419 g/mol. The van der Waals surface area contributed by atoms with E-state index in [4.69, 9.17) is 4.74 Å². The minimum Gasteiger partial charge on any atom is -0.406 e. The van der Waals surface area contributed by atoms with Gasteiger partial charge in [0.2, 0.25) is 0 Å². The summed E-state index contributed by atoms with van der Waals surface area (Å²) in [6, 6.07) is 13.2. The largest absolute Gasteiger partial charge is 0.573 e. The van der Waals surface area contributed by atoms with Crippen LogP contribution in [0.5, 0.6) is 5.75 Å². The van der Waals surface area contributed by atoms with Gasteiger partial charge in [-0.25, -0.2) is 0 Å². The first kappa shape index (κ1) is 20.9. The second kappa shape index (κ2) is 7.41. The minimum atomic E-state index is -4.76. The summed E-state index contributed by atoms with van der Waals surface area (Å²) >= 11 is 0. The lowest BCUT2D eigenvalue weighted by molar-refractivity contribution is -0.274. The molecular formula is C23H24F3NO3. The SMILES string of the molecule is CN1CC(C)([C@](O)(c2ccc(OC(F)(F)F)cc2)c2cccc(C3=CCOC3)c2)C1. The molecule has 1 fully saturated rings. The second-order valence-corrected chi connectivity index (χ2v) is 8.34. The van der Waals surface area contributed by atoms with E-state index in [1.54, 1.807) is 0 Å². The normalized spacial score (nSPS) is 20.9. The molecule has 1 atom stereocenters. The molecule has 0 unspecified atom stereocenters. The number of likely N-dealkylation sites (tertiary alicyclic amines) is 1. The van der Waals surface area contributed by atoms with Crippen molar-refractivity contribution >= 4 is 5.57 Å². The van der Waals surface area contributed by atoms with Gasteiger partial charge in [0.1, 0.15) is 11.4 Å². The molecule has 0 bridgehead atoms. The quantitative estimate of drug-likeness (QED) is 0.789. The Labute approximate surface area is 173 Å². The zero-order chi connectivity index (χ0) is 21.6.